The summed E-state index contributed by atoms with van der Waals surface area (Å²) in [4.78, 5) is 0. The predicted molar refractivity (Wildman–Crippen MR) is 187 cm³/mol. The van der Waals surface area contributed by atoms with Gasteiger partial charge in [0.1, 0.15) is 34.4 Å². The van der Waals surface area contributed by atoms with Crippen LogP contribution >= 0.6 is 0 Å². The van der Waals surface area contributed by atoms with E-state index >= 15 is 0 Å². The van der Waals surface area contributed by atoms with Crippen molar-refractivity contribution in [2.45, 2.75) is 39.5 Å². The van der Waals surface area contributed by atoms with E-state index in [0.29, 0.717) is 22.3 Å². The minimum Gasteiger partial charge on any atom is -0.451 e. The van der Waals surface area contributed by atoms with Crippen LogP contribution in [0.25, 0.3) is 76.7 Å². The van der Waals surface area contributed by atoms with Crippen LogP contribution in [0.4, 0.5) is 0 Å². The van der Waals surface area contributed by atoms with Gasteiger partial charge in [-0.1, -0.05) is 64.1 Å². The van der Waals surface area contributed by atoms with Gasteiger partial charge in [-0.3, -0.25) is 0 Å². The van der Waals surface area contributed by atoms with E-state index in [1.54, 1.807) is 0 Å². The second kappa shape index (κ2) is 9.89. The van der Waals surface area contributed by atoms with Gasteiger partial charge in [0.15, 0.2) is 11.2 Å². The van der Waals surface area contributed by atoms with E-state index in [9.17, 15) is 10.5 Å². The molecule has 8 rings (SSSR count). The molecule has 5 aromatic carbocycles. The third-order valence-corrected chi connectivity index (χ3v) is 9.62. The number of hydrogen-bond donors (Lipinski definition) is 0. The number of fused-ring (bicyclic) bond motifs is 12. The van der Waals surface area contributed by atoms with Crippen molar-refractivity contribution in [3.8, 4) is 12.1 Å². The number of rotatable bonds is 2. The molecule has 0 bridgehead atoms. The fourth-order valence-electron chi connectivity index (χ4n) is 7.71. The van der Waals surface area contributed by atoms with Gasteiger partial charge in [0, 0.05) is 68.5 Å². The van der Waals surface area contributed by atoms with E-state index in [1.807, 2.05) is 12.1 Å². The average Bonchev–Trinajstić information content (AvgIpc) is 3.50. The molecule has 0 fully saturated rings. The lowest BCUT2D eigenvalue weighted by Crippen LogP contribution is -2.06. The van der Waals surface area contributed by atoms with Crippen molar-refractivity contribution in [2.75, 3.05) is 0 Å². The van der Waals surface area contributed by atoms with Gasteiger partial charge in [0.25, 0.3) is 0 Å². The molecule has 3 aromatic heterocycles. The van der Waals surface area contributed by atoms with Crippen molar-refractivity contribution in [3.05, 3.63) is 95.1 Å². The molecule has 0 aliphatic carbocycles. The Labute approximate surface area is 265 Å². The Morgan fingerprint density at radius 2 is 0.913 bits per heavy atom. The molecule has 6 nitrogen and oxygen atoms in total. The molecular formula is C40H32N4O2. The summed E-state index contributed by atoms with van der Waals surface area (Å²) in [5.74, 6) is -0.0257. The zero-order valence-electron chi connectivity index (χ0n) is 26.7. The third kappa shape index (κ3) is 3.56. The van der Waals surface area contributed by atoms with Gasteiger partial charge in [-0.05, 0) is 59.4 Å². The van der Waals surface area contributed by atoms with Gasteiger partial charge in [-0.15, -0.1) is 0 Å². The predicted octanol–water partition coefficient (Wildman–Crippen LogP) is 10.7. The minimum atomic E-state index is -0.0129. The molecule has 0 aliphatic rings. The number of nitriles is 2. The van der Waals surface area contributed by atoms with Crippen LogP contribution in [-0.2, 0) is 14.1 Å². The lowest BCUT2D eigenvalue weighted by Gasteiger charge is -2.20. The normalized spacial score (nSPS) is 12.0. The van der Waals surface area contributed by atoms with E-state index in [-0.39, 0.29) is 23.0 Å². The minimum absolute atomic E-state index is 0.0129. The molecule has 0 radical (unpaired) electrons. The van der Waals surface area contributed by atoms with Crippen molar-refractivity contribution >= 4 is 76.7 Å². The van der Waals surface area contributed by atoms with Crippen molar-refractivity contribution in [3.63, 3.8) is 0 Å². The average molecular weight is 601 g/mol. The Morgan fingerprint density at radius 3 is 1.28 bits per heavy atom. The van der Waals surface area contributed by atoms with E-state index in [0.717, 1.165) is 65.5 Å². The van der Waals surface area contributed by atoms with E-state index in [1.165, 1.54) is 0 Å². The molecule has 0 N–H and O–H groups in total. The third-order valence-electron chi connectivity index (χ3n) is 9.62. The van der Waals surface area contributed by atoms with Gasteiger partial charge in [0.05, 0.1) is 0 Å². The number of benzene rings is 5. The maximum absolute atomic E-state index is 10.7. The highest BCUT2D eigenvalue weighted by molar-refractivity contribution is 6.33. The van der Waals surface area contributed by atoms with E-state index in [2.05, 4.69) is 124 Å². The van der Waals surface area contributed by atoms with Gasteiger partial charge in [0.2, 0.25) is 0 Å². The quantitative estimate of drug-likeness (QED) is 0.198. The number of nitrogens with zero attached hydrogens (tertiary/aromatic N) is 4. The lowest BCUT2D eigenvalue weighted by molar-refractivity contribution is 0.613. The molecule has 0 amide bonds. The monoisotopic (exact) mass is 600 g/mol. The summed E-state index contributed by atoms with van der Waals surface area (Å²) in [6.45, 7) is 8.22. The number of hydrogen-bond acceptors (Lipinski definition) is 4. The van der Waals surface area contributed by atoms with Crippen molar-refractivity contribution < 1.29 is 8.83 Å². The molecule has 8 aromatic rings. The second-order valence-electron chi connectivity index (χ2n) is 12.8. The van der Waals surface area contributed by atoms with Crippen LogP contribution in [0, 0.1) is 22.7 Å². The van der Waals surface area contributed by atoms with Gasteiger partial charge in [-0.25, -0.2) is 0 Å². The molecular weight excluding hydrogens is 568 g/mol. The molecule has 6 heteroatoms. The highest BCUT2D eigenvalue weighted by Gasteiger charge is 2.27. The fraction of sp³-hybridized carbons (Fsp3) is 0.200. The Hall–Kier alpha value is -5.72. The van der Waals surface area contributed by atoms with Crippen molar-refractivity contribution in [1.29, 1.82) is 10.5 Å². The first-order valence-corrected chi connectivity index (χ1v) is 15.7. The van der Waals surface area contributed by atoms with Crippen LogP contribution in [0.15, 0.2) is 81.6 Å². The molecule has 0 atom stereocenters. The number of para-hydroxylation sites is 2. The standard InChI is InChI=1S/C40H32N4O2/c1-21(2)33-25(19-41)39-40(26(20-42)34(33)22(3)4)46-32-18-16-30-36(24-12-8-10-14-28(24)44(30)6)38(32)37-31(45-39)17-15-29-35(37)23-11-7-9-13-27(23)43(29)5/h7-18,21-22H,1-6H3. The summed E-state index contributed by atoms with van der Waals surface area (Å²) < 4.78 is 18.3. The Bertz CT molecular complexity index is 2560. The molecule has 0 spiro atoms. The first-order valence-electron chi connectivity index (χ1n) is 15.7. The van der Waals surface area contributed by atoms with E-state index < -0.39 is 0 Å². The summed E-state index contributed by atoms with van der Waals surface area (Å²) in [6, 6.07) is 29.9. The molecule has 46 heavy (non-hydrogen) atoms. The van der Waals surface area contributed by atoms with Crippen molar-refractivity contribution in [2.24, 2.45) is 14.1 Å². The SMILES string of the molecule is CC(C)c1c(C(C)C)c(C#N)c2oc3ccc4c(c5ccccc5n4C)c3c3c(ccc4c3c3ccccc3n4C)oc2c1C#N. The topological polar surface area (TPSA) is 83.7 Å². The van der Waals surface area contributed by atoms with Crippen molar-refractivity contribution in [1.82, 2.24) is 9.13 Å². The molecule has 224 valence electrons. The highest BCUT2D eigenvalue weighted by Crippen LogP contribution is 2.45. The Kier molecular flexibility index (Phi) is 5.98. The maximum atomic E-state index is 10.7. The van der Waals surface area contributed by atoms with Crippen LogP contribution in [0.1, 0.15) is 61.8 Å². The van der Waals surface area contributed by atoms with Crippen LogP contribution in [-0.4, -0.2) is 9.13 Å². The molecule has 3 heterocycles. The van der Waals surface area contributed by atoms with Crippen LogP contribution in [0.2, 0.25) is 0 Å². The second-order valence-corrected chi connectivity index (χ2v) is 12.8. The van der Waals surface area contributed by atoms with Gasteiger partial charge < -0.3 is 18.0 Å². The summed E-state index contributed by atoms with van der Waals surface area (Å²) in [5, 5.41) is 27.5. The summed E-state index contributed by atoms with van der Waals surface area (Å²) in [5.41, 5.74) is 8.61. The van der Waals surface area contributed by atoms with Gasteiger partial charge >= 0.3 is 0 Å². The smallest absolute Gasteiger partial charge is 0.189 e. The Balaban J connectivity index is 1.80. The summed E-state index contributed by atoms with van der Waals surface area (Å²) in [7, 11) is 4.17. The van der Waals surface area contributed by atoms with Crippen LogP contribution in [0.5, 0.6) is 0 Å². The maximum Gasteiger partial charge on any atom is 0.189 e. The summed E-state index contributed by atoms with van der Waals surface area (Å²) in [6.07, 6.45) is 0. The first kappa shape index (κ1) is 27.8. The van der Waals surface area contributed by atoms with Crippen LogP contribution in [0.3, 0.4) is 0 Å². The summed E-state index contributed by atoms with van der Waals surface area (Å²) >= 11 is 0. The van der Waals surface area contributed by atoms with E-state index in [4.69, 9.17) is 8.83 Å². The molecule has 0 saturated carbocycles. The van der Waals surface area contributed by atoms with Crippen LogP contribution < -0.4 is 0 Å². The highest BCUT2D eigenvalue weighted by atomic mass is 16.4. The molecule has 0 aliphatic heterocycles. The Morgan fingerprint density at radius 1 is 0.522 bits per heavy atom. The number of aromatic nitrogens is 2. The fourth-order valence-corrected chi connectivity index (χ4v) is 7.71. The molecule has 0 saturated heterocycles. The van der Waals surface area contributed by atoms with Gasteiger partial charge in [-0.2, -0.15) is 10.5 Å². The zero-order valence-corrected chi connectivity index (χ0v) is 26.7. The number of aryl methyl sites for hydroxylation is 2. The molecule has 0 unspecified atom stereocenters. The zero-order chi connectivity index (χ0) is 32.0. The first-order chi connectivity index (χ1) is 22.3. The lowest BCUT2D eigenvalue weighted by atomic mass is 9.83. The largest absolute Gasteiger partial charge is 0.451 e.